The van der Waals surface area contributed by atoms with Crippen molar-refractivity contribution < 1.29 is 8.83 Å². The zero-order valence-corrected chi connectivity index (χ0v) is 43.4. The fraction of sp³-hybridized carbons (Fsp3) is 0.125. The van der Waals surface area contributed by atoms with E-state index in [0.29, 0.717) is 4.32 Å². The molecule has 2 aromatic heterocycles. The number of alkyl halides is 1. The Morgan fingerprint density at radius 1 is 0.343 bits per heavy atom. The van der Waals surface area contributed by atoms with Crippen LogP contribution in [0.15, 0.2) is 232 Å². The van der Waals surface area contributed by atoms with Crippen molar-refractivity contribution in [1.82, 2.24) is 0 Å². The highest BCUT2D eigenvalue weighted by Crippen LogP contribution is 2.46. The molecule has 0 spiro atoms. The van der Waals surface area contributed by atoms with E-state index in [9.17, 15) is 0 Å². The van der Waals surface area contributed by atoms with Gasteiger partial charge in [-0.25, -0.2) is 0 Å². The molecule has 0 N–H and O–H groups in total. The van der Waals surface area contributed by atoms with Crippen molar-refractivity contribution >= 4 is 131 Å². The number of halogens is 2. The topological polar surface area (TPSA) is 32.8 Å². The molecule has 6 heteroatoms. The zero-order valence-electron chi connectivity index (χ0n) is 40.3. The van der Waals surface area contributed by atoms with Gasteiger partial charge in [0.1, 0.15) is 11.2 Å². The molecule has 0 saturated carbocycles. The summed E-state index contributed by atoms with van der Waals surface area (Å²) in [6, 6.07) is 76.6. The normalized spacial score (nSPS) is 11.7. The molecule has 2 heterocycles. The maximum Gasteiger partial charge on any atom is 0.159 e. The third kappa shape index (κ3) is 9.59. The van der Waals surface area contributed by atoms with Gasteiger partial charge in [0.05, 0.1) is 15.8 Å². The van der Waals surface area contributed by atoms with Crippen molar-refractivity contribution in [3.8, 4) is 0 Å². The molecule has 346 valence electrons. The van der Waals surface area contributed by atoms with Crippen LogP contribution in [0.4, 0.5) is 34.1 Å². The predicted octanol–water partition coefficient (Wildman–Crippen LogP) is 20.7. The maximum absolute atomic E-state index is 6.71. The first-order valence-corrected chi connectivity index (χ1v) is 25.3. The zero-order chi connectivity index (χ0) is 48.6. The number of para-hydroxylation sites is 6. The summed E-state index contributed by atoms with van der Waals surface area (Å²) in [5.41, 5.74) is 11.3. The molecule has 0 radical (unpaired) electrons. The lowest BCUT2D eigenvalue weighted by atomic mass is 9.86. The van der Waals surface area contributed by atoms with E-state index in [0.717, 1.165) is 82.5 Å². The Morgan fingerprint density at radius 3 is 1.17 bits per heavy atom. The molecule has 0 saturated heterocycles. The summed E-state index contributed by atoms with van der Waals surface area (Å²) in [6.07, 6.45) is 0. The standard InChI is InChI=1S/C32H27NO.C28H18BrNO.C4H9Br/c1-32(2,3)28-17-9-15-26-27-16-10-18-29(31(27)34-30(26)28)33(24-13-5-4-6-14-24)25-20-19-22-11-7-8-12-23(22)21-25;29-25-14-6-12-23-24-13-7-15-26(28(24)31-27(23)25)30(21-10-2-1-3-11-21)22-17-16-19-8-4-5-9-20(19)18-22;1-4(2,3)5/h4-21H,1-3H3;1-18H;1-3H3. The summed E-state index contributed by atoms with van der Waals surface area (Å²) in [5, 5.41) is 9.40. The molecule has 12 aromatic rings. The van der Waals surface area contributed by atoms with Gasteiger partial charge in [0.25, 0.3) is 0 Å². The highest BCUT2D eigenvalue weighted by molar-refractivity contribution is 9.10. The van der Waals surface area contributed by atoms with Gasteiger partial charge in [-0.1, -0.05) is 209 Å². The van der Waals surface area contributed by atoms with Crippen LogP contribution in [-0.4, -0.2) is 4.32 Å². The second kappa shape index (κ2) is 19.3. The minimum atomic E-state index is -0.00892. The lowest BCUT2D eigenvalue weighted by molar-refractivity contribution is 0.573. The van der Waals surface area contributed by atoms with Crippen molar-refractivity contribution in [3.05, 3.63) is 228 Å². The summed E-state index contributed by atoms with van der Waals surface area (Å²) < 4.78 is 14.4. The van der Waals surface area contributed by atoms with Crippen molar-refractivity contribution in [3.63, 3.8) is 0 Å². The Balaban J connectivity index is 0.000000149. The third-order valence-electron chi connectivity index (χ3n) is 12.3. The third-order valence-corrected chi connectivity index (χ3v) is 12.9. The first-order valence-electron chi connectivity index (χ1n) is 23.7. The van der Waals surface area contributed by atoms with Gasteiger partial charge in [0.2, 0.25) is 0 Å². The number of hydrogen-bond acceptors (Lipinski definition) is 4. The monoisotopic (exact) mass is 1040 g/mol. The molecule has 10 aromatic carbocycles. The van der Waals surface area contributed by atoms with Gasteiger partial charge in [-0.05, 0) is 110 Å². The van der Waals surface area contributed by atoms with E-state index in [1.165, 1.54) is 27.1 Å². The first kappa shape index (κ1) is 46.6. The highest BCUT2D eigenvalue weighted by atomic mass is 79.9. The van der Waals surface area contributed by atoms with Gasteiger partial charge in [0, 0.05) is 54.2 Å². The molecule has 12 rings (SSSR count). The number of hydrogen-bond donors (Lipinski definition) is 0. The van der Waals surface area contributed by atoms with Gasteiger partial charge in [-0.3, -0.25) is 0 Å². The van der Waals surface area contributed by atoms with Crippen molar-refractivity contribution in [2.75, 3.05) is 9.80 Å². The van der Waals surface area contributed by atoms with Crippen molar-refractivity contribution in [1.29, 1.82) is 0 Å². The molecular weight excluding hydrogens is 989 g/mol. The number of fused-ring (bicyclic) bond motifs is 8. The molecule has 0 unspecified atom stereocenters. The molecule has 0 fully saturated rings. The lowest BCUT2D eigenvalue weighted by Gasteiger charge is -2.25. The van der Waals surface area contributed by atoms with Crippen LogP contribution in [0.3, 0.4) is 0 Å². The summed E-state index contributed by atoms with van der Waals surface area (Å²) in [6.45, 7) is 13.0. The summed E-state index contributed by atoms with van der Waals surface area (Å²) >= 11 is 7.02. The minimum Gasteiger partial charge on any atom is -0.454 e. The van der Waals surface area contributed by atoms with Crippen molar-refractivity contribution in [2.24, 2.45) is 0 Å². The summed E-state index contributed by atoms with van der Waals surface area (Å²) in [4.78, 5) is 4.57. The number of nitrogens with zero attached hydrogens (tertiary/aromatic N) is 2. The molecule has 0 atom stereocenters. The summed E-state index contributed by atoms with van der Waals surface area (Å²) in [7, 11) is 0. The van der Waals surface area contributed by atoms with E-state index in [2.05, 4.69) is 283 Å². The first-order chi connectivity index (χ1) is 33.8. The van der Waals surface area contributed by atoms with Gasteiger partial charge >= 0.3 is 0 Å². The minimum absolute atomic E-state index is 0.00892. The van der Waals surface area contributed by atoms with E-state index in [1.807, 2.05) is 18.2 Å². The van der Waals surface area contributed by atoms with Crippen LogP contribution in [0.25, 0.3) is 65.4 Å². The van der Waals surface area contributed by atoms with E-state index >= 15 is 0 Å². The van der Waals surface area contributed by atoms with Gasteiger partial charge in [0.15, 0.2) is 11.2 Å². The number of anilines is 6. The molecule has 0 aliphatic heterocycles. The average Bonchev–Trinajstić information content (AvgIpc) is 3.95. The lowest BCUT2D eigenvalue weighted by Crippen LogP contribution is -2.11. The summed E-state index contributed by atoms with van der Waals surface area (Å²) in [5.74, 6) is 0. The number of benzene rings is 10. The molecule has 0 bridgehead atoms. The Bertz CT molecular complexity index is 3780. The molecule has 70 heavy (non-hydrogen) atoms. The number of furan rings is 2. The van der Waals surface area contributed by atoms with Gasteiger partial charge in [-0.2, -0.15) is 0 Å². The second-order valence-corrected chi connectivity index (χ2v) is 22.8. The molecule has 0 aliphatic rings. The highest BCUT2D eigenvalue weighted by Gasteiger charge is 2.24. The molecule has 0 aliphatic carbocycles. The average molecular weight is 1040 g/mol. The molecule has 4 nitrogen and oxygen atoms in total. The Kier molecular flexibility index (Phi) is 12.9. The smallest absolute Gasteiger partial charge is 0.159 e. The Morgan fingerprint density at radius 2 is 0.714 bits per heavy atom. The molecular formula is C64H54Br2N2O2. The second-order valence-electron chi connectivity index (χ2n) is 19.5. The Labute approximate surface area is 427 Å². The van der Waals surface area contributed by atoms with E-state index in [-0.39, 0.29) is 5.41 Å². The van der Waals surface area contributed by atoms with E-state index in [1.54, 1.807) is 0 Å². The maximum atomic E-state index is 6.71. The quantitative estimate of drug-likeness (QED) is 0.155. The fourth-order valence-electron chi connectivity index (χ4n) is 9.16. The Hall–Kier alpha value is -7.12. The largest absolute Gasteiger partial charge is 0.454 e. The van der Waals surface area contributed by atoms with Crippen LogP contribution in [0.5, 0.6) is 0 Å². The van der Waals surface area contributed by atoms with Crippen LogP contribution in [0.1, 0.15) is 47.1 Å². The van der Waals surface area contributed by atoms with E-state index < -0.39 is 0 Å². The van der Waals surface area contributed by atoms with Crippen LogP contribution in [0.2, 0.25) is 0 Å². The van der Waals surface area contributed by atoms with Gasteiger partial charge < -0.3 is 18.6 Å². The van der Waals surface area contributed by atoms with Crippen LogP contribution >= 0.6 is 31.9 Å². The van der Waals surface area contributed by atoms with Crippen LogP contribution in [0, 0.1) is 0 Å². The van der Waals surface area contributed by atoms with Crippen LogP contribution in [-0.2, 0) is 5.41 Å². The van der Waals surface area contributed by atoms with E-state index in [4.69, 9.17) is 8.83 Å². The fourth-order valence-corrected chi connectivity index (χ4v) is 9.61. The van der Waals surface area contributed by atoms with Crippen LogP contribution < -0.4 is 9.80 Å². The molecule has 0 amide bonds. The number of rotatable bonds is 6. The predicted molar refractivity (Wildman–Crippen MR) is 307 cm³/mol. The SMILES string of the molecule is Brc1cccc2c1oc1c(N(c3ccccc3)c3ccc4ccccc4c3)cccc12.CC(C)(C)Br.CC(C)(C)c1cccc2c1oc1c(N(c3ccccc3)c3ccc4ccccc4c3)cccc12. The van der Waals surface area contributed by atoms with Crippen molar-refractivity contribution in [2.45, 2.75) is 51.3 Å². The van der Waals surface area contributed by atoms with Gasteiger partial charge in [-0.15, -0.1) is 0 Å².